The topological polar surface area (TPSA) is 48.3 Å². The first-order chi connectivity index (χ1) is 11.9. The van der Waals surface area contributed by atoms with E-state index in [2.05, 4.69) is 53.8 Å². The van der Waals surface area contributed by atoms with Crippen LogP contribution in [-0.2, 0) is 12.1 Å². The molecule has 0 aliphatic carbocycles. The predicted molar refractivity (Wildman–Crippen MR) is 102 cm³/mol. The van der Waals surface area contributed by atoms with E-state index in [-0.39, 0.29) is 5.54 Å². The van der Waals surface area contributed by atoms with Crippen molar-refractivity contribution >= 4 is 16.7 Å². The van der Waals surface area contributed by atoms with E-state index in [1.807, 2.05) is 24.5 Å². The summed E-state index contributed by atoms with van der Waals surface area (Å²) in [6.07, 6.45) is 1.91. The largest absolute Gasteiger partial charge is 0.493 e. The van der Waals surface area contributed by atoms with Crippen LogP contribution in [0.15, 0.2) is 42.7 Å². The number of aromatic nitrogens is 2. The Hall–Kier alpha value is -2.69. The van der Waals surface area contributed by atoms with E-state index < -0.39 is 0 Å². The molecule has 0 fully saturated rings. The van der Waals surface area contributed by atoms with E-state index in [4.69, 9.17) is 9.47 Å². The second-order valence-corrected chi connectivity index (χ2v) is 7.03. The monoisotopic (exact) mass is 339 g/mol. The van der Waals surface area contributed by atoms with Crippen molar-refractivity contribution in [1.29, 1.82) is 0 Å². The van der Waals surface area contributed by atoms with Gasteiger partial charge in [0.2, 0.25) is 0 Å². The third kappa shape index (κ3) is 3.55. The highest BCUT2D eigenvalue weighted by molar-refractivity contribution is 5.79. The summed E-state index contributed by atoms with van der Waals surface area (Å²) in [6, 6.07) is 12.2. The summed E-state index contributed by atoms with van der Waals surface area (Å²) in [5.74, 6) is 1.47. The fourth-order valence-corrected chi connectivity index (χ4v) is 2.85. The van der Waals surface area contributed by atoms with E-state index in [9.17, 15) is 0 Å². The molecule has 2 aromatic carbocycles. The fourth-order valence-electron chi connectivity index (χ4n) is 2.85. The summed E-state index contributed by atoms with van der Waals surface area (Å²) >= 11 is 0. The smallest absolute Gasteiger partial charge is 0.161 e. The number of imidazole rings is 1. The number of anilines is 1. The van der Waals surface area contributed by atoms with Crippen molar-refractivity contribution in [2.45, 2.75) is 32.9 Å². The molecule has 0 saturated heterocycles. The number of hydrogen-bond acceptors (Lipinski definition) is 4. The van der Waals surface area contributed by atoms with Gasteiger partial charge in [-0.05, 0) is 56.7 Å². The molecule has 3 rings (SSSR count). The van der Waals surface area contributed by atoms with Crippen LogP contribution in [-0.4, -0.2) is 23.8 Å². The maximum absolute atomic E-state index is 5.36. The minimum absolute atomic E-state index is 0.0172. The number of methoxy groups -OCH3 is 2. The zero-order valence-electron chi connectivity index (χ0n) is 15.5. The third-order valence-corrected chi connectivity index (χ3v) is 4.21. The summed E-state index contributed by atoms with van der Waals surface area (Å²) in [5.41, 5.74) is 4.32. The average molecular weight is 339 g/mol. The van der Waals surface area contributed by atoms with E-state index in [1.165, 1.54) is 0 Å². The Morgan fingerprint density at radius 3 is 2.44 bits per heavy atom. The fraction of sp³-hybridized carbons (Fsp3) is 0.350. The molecular weight excluding hydrogens is 314 g/mol. The molecule has 3 aromatic rings. The molecule has 1 aromatic heterocycles. The van der Waals surface area contributed by atoms with E-state index >= 15 is 0 Å². The summed E-state index contributed by atoms with van der Waals surface area (Å²) < 4.78 is 12.8. The van der Waals surface area contributed by atoms with Crippen LogP contribution in [0.3, 0.4) is 0 Å². The summed E-state index contributed by atoms with van der Waals surface area (Å²) in [4.78, 5) is 4.54. The molecule has 5 heteroatoms. The van der Waals surface area contributed by atoms with Crippen LogP contribution in [0.5, 0.6) is 11.5 Å². The van der Waals surface area contributed by atoms with Gasteiger partial charge in [-0.25, -0.2) is 4.98 Å². The van der Waals surface area contributed by atoms with Crippen LogP contribution in [0.2, 0.25) is 0 Å². The quantitative estimate of drug-likeness (QED) is 0.747. The zero-order chi connectivity index (χ0) is 18.0. The van der Waals surface area contributed by atoms with Crippen LogP contribution in [0.25, 0.3) is 11.0 Å². The molecule has 0 unspecified atom stereocenters. The number of fused-ring (bicyclic) bond motifs is 1. The van der Waals surface area contributed by atoms with E-state index in [0.29, 0.717) is 6.54 Å². The second kappa shape index (κ2) is 6.67. The van der Waals surface area contributed by atoms with Gasteiger partial charge in [0.05, 0.1) is 31.6 Å². The predicted octanol–water partition coefficient (Wildman–Crippen LogP) is 4.42. The van der Waals surface area contributed by atoms with Gasteiger partial charge in [-0.15, -0.1) is 0 Å². The second-order valence-electron chi connectivity index (χ2n) is 7.03. The van der Waals surface area contributed by atoms with Crippen LogP contribution in [0.1, 0.15) is 26.3 Å². The van der Waals surface area contributed by atoms with Crippen molar-refractivity contribution in [3.63, 3.8) is 0 Å². The number of nitrogens with zero attached hydrogens (tertiary/aromatic N) is 2. The lowest BCUT2D eigenvalue weighted by atomic mass is 10.1. The Morgan fingerprint density at radius 2 is 1.76 bits per heavy atom. The lowest BCUT2D eigenvalue weighted by Crippen LogP contribution is -2.20. The van der Waals surface area contributed by atoms with Crippen LogP contribution in [0, 0.1) is 0 Å². The Morgan fingerprint density at radius 1 is 1.00 bits per heavy atom. The third-order valence-electron chi connectivity index (χ3n) is 4.21. The zero-order valence-corrected chi connectivity index (χ0v) is 15.5. The maximum Gasteiger partial charge on any atom is 0.161 e. The Bertz CT molecular complexity index is 878. The standard InChI is InChI=1S/C20H25N3O2/c1-20(2,3)23-13-22-16-11-15(7-8-17(16)23)21-12-14-6-9-18(24-4)19(10-14)25-5/h6-11,13,21H,12H2,1-5H3. The van der Waals surface area contributed by atoms with Crippen molar-refractivity contribution < 1.29 is 9.47 Å². The Kier molecular flexibility index (Phi) is 4.57. The SMILES string of the molecule is COc1ccc(CNc2ccc3c(c2)ncn3C(C)(C)C)cc1OC. The maximum atomic E-state index is 5.36. The van der Waals surface area contributed by atoms with E-state index in [0.717, 1.165) is 33.8 Å². The molecule has 0 radical (unpaired) electrons. The summed E-state index contributed by atoms with van der Waals surface area (Å²) in [5, 5.41) is 3.44. The number of hydrogen-bond donors (Lipinski definition) is 1. The molecule has 5 nitrogen and oxygen atoms in total. The van der Waals surface area contributed by atoms with Gasteiger partial charge in [0.25, 0.3) is 0 Å². The van der Waals surface area contributed by atoms with Gasteiger partial charge >= 0.3 is 0 Å². The Labute approximate surface area is 148 Å². The number of rotatable bonds is 5. The van der Waals surface area contributed by atoms with Gasteiger partial charge in [0, 0.05) is 17.8 Å². The summed E-state index contributed by atoms with van der Waals surface area (Å²) in [7, 11) is 3.29. The van der Waals surface area contributed by atoms with Crippen LogP contribution < -0.4 is 14.8 Å². The highest BCUT2D eigenvalue weighted by Gasteiger charge is 2.16. The molecule has 1 heterocycles. The van der Waals surface area contributed by atoms with Crippen molar-refractivity contribution in [3.8, 4) is 11.5 Å². The minimum atomic E-state index is 0.0172. The van der Waals surface area contributed by atoms with E-state index in [1.54, 1.807) is 14.2 Å². The lowest BCUT2D eigenvalue weighted by molar-refractivity contribution is 0.354. The average Bonchev–Trinajstić information content (AvgIpc) is 3.03. The number of benzene rings is 2. The molecule has 0 saturated carbocycles. The highest BCUT2D eigenvalue weighted by Crippen LogP contribution is 2.28. The first kappa shape index (κ1) is 17.1. The molecule has 0 bridgehead atoms. The molecule has 0 aliphatic rings. The van der Waals surface area contributed by atoms with Gasteiger partial charge in [0.1, 0.15) is 0 Å². The molecule has 1 N–H and O–H groups in total. The van der Waals surface area contributed by atoms with Gasteiger partial charge in [0.15, 0.2) is 11.5 Å². The molecule has 25 heavy (non-hydrogen) atoms. The molecular formula is C20H25N3O2. The van der Waals surface area contributed by atoms with Gasteiger partial charge in [-0.2, -0.15) is 0 Å². The van der Waals surface area contributed by atoms with Gasteiger partial charge < -0.3 is 19.4 Å². The highest BCUT2D eigenvalue weighted by atomic mass is 16.5. The molecule has 0 atom stereocenters. The van der Waals surface area contributed by atoms with Crippen LogP contribution in [0.4, 0.5) is 5.69 Å². The molecule has 0 aliphatic heterocycles. The first-order valence-electron chi connectivity index (χ1n) is 8.35. The van der Waals surface area contributed by atoms with Gasteiger partial charge in [-0.1, -0.05) is 6.07 Å². The molecule has 0 spiro atoms. The normalized spacial score (nSPS) is 11.6. The van der Waals surface area contributed by atoms with Crippen molar-refractivity contribution in [1.82, 2.24) is 9.55 Å². The van der Waals surface area contributed by atoms with Crippen molar-refractivity contribution in [3.05, 3.63) is 48.3 Å². The van der Waals surface area contributed by atoms with Crippen molar-refractivity contribution in [2.75, 3.05) is 19.5 Å². The van der Waals surface area contributed by atoms with Crippen molar-refractivity contribution in [2.24, 2.45) is 0 Å². The van der Waals surface area contributed by atoms with Gasteiger partial charge in [-0.3, -0.25) is 0 Å². The summed E-state index contributed by atoms with van der Waals surface area (Å²) in [6.45, 7) is 7.23. The molecule has 0 amide bonds. The first-order valence-corrected chi connectivity index (χ1v) is 8.35. The minimum Gasteiger partial charge on any atom is -0.493 e. The number of ether oxygens (including phenoxy) is 2. The van der Waals surface area contributed by atoms with Crippen LogP contribution >= 0.6 is 0 Å². The Balaban J connectivity index is 1.78. The molecule has 132 valence electrons. The number of nitrogens with one attached hydrogen (secondary N) is 1. The lowest BCUT2D eigenvalue weighted by Gasteiger charge is -2.21.